The van der Waals surface area contributed by atoms with E-state index in [2.05, 4.69) is 5.32 Å². The first-order chi connectivity index (χ1) is 18.5. The fraction of sp³-hybridized carbons (Fsp3) is 0.0968. The van der Waals surface area contributed by atoms with E-state index in [1.807, 2.05) is 84.9 Å². The average Bonchev–Trinajstić information content (AvgIpc) is 2.95. The number of benzene rings is 4. The number of nitrogens with one attached hydrogen (secondary N) is 1. The summed E-state index contributed by atoms with van der Waals surface area (Å²) in [5.41, 5.74) is 3.62. The molecule has 1 N–H and O–H groups in total. The number of nitro groups is 1. The van der Waals surface area contributed by atoms with Crippen LogP contribution in [0.25, 0.3) is 22.0 Å². The molecule has 5 rings (SSSR count). The molecule has 0 atom stereocenters. The van der Waals surface area contributed by atoms with Crippen LogP contribution in [-0.4, -0.2) is 21.9 Å². The van der Waals surface area contributed by atoms with Gasteiger partial charge in [-0.3, -0.25) is 19.7 Å². The number of non-ortho nitro benzene ring substituents is 1. The molecule has 0 saturated carbocycles. The van der Waals surface area contributed by atoms with Crippen LogP contribution in [0.4, 0.5) is 5.69 Å². The largest absolute Gasteiger partial charge is 0.352 e. The molecule has 0 radical (unpaired) electrons. The highest BCUT2D eigenvalue weighted by Gasteiger charge is 2.21. The van der Waals surface area contributed by atoms with Crippen LogP contribution in [0.1, 0.15) is 21.5 Å². The quantitative estimate of drug-likeness (QED) is 0.220. The molecule has 38 heavy (non-hydrogen) atoms. The summed E-state index contributed by atoms with van der Waals surface area (Å²) in [6.07, 6.45) is 0.599. The van der Waals surface area contributed by atoms with E-state index >= 15 is 0 Å². The van der Waals surface area contributed by atoms with Gasteiger partial charge in [0.15, 0.2) is 0 Å². The van der Waals surface area contributed by atoms with Gasteiger partial charge in [-0.2, -0.15) is 0 Å². The second-order valence-electron chi connectivity index (χ2n) is 8.97. The second kappa shape index (κ2) is 10.9. The second-order valence-corrected chi connectivity index (χ2v) is 8.97. The molecule has 0 fully saturated rings. The van der Waals surface area contributed by atoms with Crippen molar-refractivity contribution in [3.8, 4) is 11.1 Å². The zero-order valence-corrected chi connectivity index (χ0v) is 20.5. The molecule has 0 bridgehead atoms. The minimum atomic E-state index is -0.556. The minimum absolute atomic E-state index is 0.124. The van der Waals surface area contributed by atoms with E-state index in [1.54, 1.807) is 12.1 Å². The van der Waals surface area contributed by atoms with Crippen LogP contribution in [0.15, 0.2) is 114 Å². The Balaban J connectivity index is 1.49. The molecular formula is C31H25N3O4. The summed E-state index contributed by atoms with van der Waals surface area (Å²) in [5.74, 6) is -0.556. The molecule has 7 heteroatoms. The first-order valence-electron chi connectivity index (χ1n) is 12.3. The first-order valence-corrected chi connectivity index (χ1v) is 12.3. The molecule has 188 valence electrons. The van der Waals surface area contributed by atoms with Crippen molar-refractivity contribution in [1.29, 1.82) is 0 Å². The topological polar surface area (TPSA) is 94.2 Å². The number of pyridine rings is 1. The minimum Gasteiger partial charge on any atom is -0.352 e. The summed E-state index contributed by atoms with van der Waals surface area (Å²) in [7, 11) is 0. The Morgan fingerprint density at radius 3 is 2.13 bits per heavy atom. The molecule has 1 heterocycles. The fourth-order valence-corrected chi connectivity index (χ4v) is 4.54. The maximum absolute atomic E-state index is 13.6. The van der Waals surface area contributed by atoms with Crippen LogP contribution in [0.5, 0.6) is 0 Å². The molecule has 7 nitrogen and oxygen atoms in total. The third-order valence-electron chi connectivity index (χ3n) is 6.50. The number of amides is 1. The van der Waals surface area contributed by atoms with Crippen LogP contribution in [0.2, 0.25) is 0 Å². The van der Waals surface area contributed by atoms with E-state index in [9.17, 15) is 19.7 Å². The van der Waals surface area contributed by atoms with Gasteiger partial charge in [0.05, 0.1) is 22.4 Å². The zero-order valence-electron chi connectivity index (χ0n) is 20.5. The summed E-state index contributed by atoms with van der Waals surface area (Å²) in [6, 6.07) is 33.3. The number of carbonyl (C=O) groups excluding carboxylic acids is 1. The van der Waals surface area contributed by atoms with Crippen LogP contribution in [-0.2, 0) is 13.0 Å². The van der Waals surface area contributed by atoms with Gasteiger partial charge in [0.2, 0.25) is 0 Å². The van der Waals surface area contributed by atoms with Crippen molar-refractivity contribution < 1.29 is 9.72 Å². The van der Waals surface area contributed by atoms with Crippen molar-refractivity contribution in [2.75, 3.05) is 6.54 Å². The smallest absolute Gasteiger partial charge is 0.278 e. The predicted octanol–water partition coefficient (Wildman–Crippen LogP) is 5.60. The highest BCUT2D eigenvalue weighted by atomic mass is 16.6. The molecule has 0 spiro atoms. The molecule has 0 aliphatic heterocycles. The average molecular weight is 504 g/mol. The highest BCUT2D eigenvalue weighted by molar-refractivity contribution is 5.99. The van der Waals surface area contributed by atoms with Gasteiger partial charge in [-0.25, -0.2) is 0 Å². The zero-order chi connectivity index (χ0) is 26.5. The first kappa shape index (κ1) is 24.6. The predicted molar refractivity (Wildman–Crippen MR) is 148 cm³/mol. The van der Waals surface area contributed by atoms with E-state index in [-0.39, 0.29) is 23.2 Å². The number of hydrogen-bond donors (Lipinski definition) is 1. The standard InChI is InChI=1S/C31H25N3O4/c35-30(32-19-18-22-8-3-1-4-9-22)27-20-26-28(12-7-13-29(26)34(37)38)33(31(27)36)21-23-14-16-25(17-15-23)24-10-5-2-6-11-24/h1-17,20H,18-19,21H2,(H,32,35). The summed E-state index contributed by atoms with van der Waals surface area (Å²) in [4.78, 5) is 37.9. The number of nitro benzene ring substituents is 1. The lowest BCUT2D eigenvalue weighted by molar-refractivity contribution is -0.383. The van der Waals surface area contributed by atoms with Crippen molar-refractivity contribution in [2.24, 2.45) is 0 Å². The maximum Gasteiger partial charge on any atom is 0.278 e. The van der Waals surface area contributed by atoms with E-state index in [0.29, 0.717) is 18.5 Å². The molecule has 0 saturated heterocycles. The van der Waals surface area contributed by atoms with Gasteiger partial charge in [0, 0.05) is 12.6 Å². The van der Waals surface area contributed by atoms with Gasteiger partial charge < -0.3 is 9.88 Å². The molecule has 5 aromatic rings. The summed E-state index contributed by atoms with van der Waals surface area (Å²) in [6.45, 7) is 0.495. The number of fused-ring (bicyclic) bond motifs is 1. The van der Waals surface area contributed by atoms with Gasteiger partial charge in [0.1, 0.15) is 5.56 Å². The molecule has 0 aliphatic rings. The molecule has 1 amide bonds. The fourth-order valence-electron chi connectivity index (χ4n) is 4.54. The van der Waals surface area contributed by atoms with Crippen molar-refractivity contribution in [1.82, 2.24) is 9.88 Å². The Bertz CT molecular complexity index is 1660. The lowest BCUT2D eigenvalue weighted by Crippen LogP contribution is -2.34. The Kier molecular flexibility index (Phi) is 7.08. The van der Waals surface area contributed by atoms with Gasteiger partial charge >= 0.3 is 0 Å². The van der Waals surface area contributed by atoms with Crippen molar-refractivity contribution >= 4 is 22.5 Å². The monoisotopic (exact) mass is 503 g/mol. The van der Waals surface area contributed by atoms with E-state index < -0.39 is 16.4 Å². The Labute approximate surface area is 219 Å². The molecule has 1 aromatic heterocycles. The lowest BCUT2D eigenvalue weighted by atomic mass is 10.0. The number of carbonyl (C=O) groups is 1. The highest BCUT2D eigenvalue weighted by Crippen LogP contribution is 2.26. The van der Waals surface area contributed by atoms with Crippen molar-refractivity contribution in [3.63, 3.8) is 0 Å². The van der Waals surface area contributed by atoms with E-state index in [1.165, 1.54) is 16.7 Å². The third kappa shape index (κ3) is 5.22. The normalized spacial score (nSPS) is 10.8. The Morgan fingerprint density at radius 2 is 1.45 bits per heavy atom. The number of rotatable bonds is 8. The van der Waals surface area contributed by atoms with Crippen molar-refractivity contribution in [2.45, 2.75) is 13.0 Å². The van der Waals surface area contributed by atoms with Gasteiger partial charge in [-0.1, -0.05) is 91.0 Å². The molecule has 0 unspecified atom stereocenters. The van der Waals surface area contributed by atoms with Crippen molar-refractivity contribution in [3.05, 3.63) is 146 Å². The lowest BCUT2D eigenvalue weighted by Gasteiger charge is -2.14. The number of nitrogens with zero attached hydrogens (tertiary/aromatic N) is 2. The summed E-state index contributed by atoms with van der Waals surface area (Å²) < 4.78 is 1.44. The van der Waals surface area contributed by atoms with Crippen LogP contribution >= 0.6 is 0 Å². The van der Waals surface area contributed by atoms with E-state index in [0.717, 1.165) is 22.3 Å². The number of aromatic nitrogens is 1. The van der Waals surface area contributed by atoms with Gasteiger partial charge in [-0.05, 0) is 40.8 Å². The van der Waals surface area contributed by atoms with E-state index in [4.69, 9.17) is 0 Å². The van der Waals surface area contributed by atoms with Crippen LogP contribution in [0.3, 0.4) is 0 Å². The van der Waals surface area contributed by atoms with Crippen LogP contribution in [0, 0.1) is 10.1 Å². The Hall–Kier alpha value is -5.04. The SMILES string of the molecule is O=C(NCCc1ccccc1)c1cc2c([N+](=O)[O-])cccc2n(Cc2ccc(-c3ccccc3)cc2)c1=O. The Morgan fingerprint density at radius 1 is 0.789 bits per heavy atom. The van der Waals surface area contributed by atoms with Gasteiger partial charge in [0.25, 0.3) is 17.2 Å². The molecule has 4 aromatic carbocycles. The summed E-state index contributed by atoms with van der Waals surface area (Å²) in [5, 5.41) is 14.8. The summed E-state index contributed by atoms with van der Waals surface area (Å²) >= 11 is 0. The maximum atomic E-state index is 13.6. The third-order valence-corrected chi connectivity index (χ3v) is 6.50. The van der Waals surface area contributed by atoms with Gasteiger partial charge in [-0.15, -0.1) is 0 Å². The molecule has 0 aliphatic carbocycles. The number of hydrogen-bond acceptors (Lipinski definition) is 4. The van der Waals surface area contributed by atoms with Crippen LogP contribution < -0.4 is 10.9 Å². The molecular weight excluding hydrogens is 478 g/mol.